The van der Waals surface area contributed by atoms with Crippen molar-refractivity contribution < 1.29 is 103 Å². The molecular formula is C52H85N11O21. The van der Waals surface area contributed by atoms with Gasteiger partial charge in [0.15, 0.2) is 6.29 Å². The summed E-state index contributed by atoms with van der Waals surface area (Å²) in [6, 6.07) is -8.76. The molecule has 3 rings (SSSR count). The highest BCUT2D eigenvalue weighted by Crippen LogP contribution is 2.25. The van der Waals surface area contributed by atoms with Crippen molar-refractivity contribution in [3.63, 3.8) is 0 Å². The minimum Gasteiger partial charge on any atom is -0.508 e. The molecule has 2 aliphatic rings. The molecule has 23 N–H and O–H groups in total. The van der Waals surface area contributed by atoms with Crippen LogP contribution in [-0.4, -0.2) is 223 Å². The van der Waals surface area contributed by atoms with Crippen LogP contribution in [0.4, 0.5) is 0 Å². The van der Waals surface area contributed by atoms with Crippen molar-refractivity contribution in [1.29, 1.82) is 0 Å². The zero-order valence-electron chi connectivity index (χ0n) is 46.8. The smallest absolute Gasteiger partial charge is 0.246 e. The number of amides is 10. The number of nitrogens with one attached hydrogen (secondary N) is 8. The summed E-state index contributed by atoms with van der Waals surface area (Å²) < 4.78 is 11.4. The van der Waals surface area contributed by atoms with Crippen LogP contribution in [0.1, 0.15) is 115 Å². The van der Waals surface area contributed by atoms with Crippen molar-refractivity contribution in [3.05, 3.63) is 29.8 Å². The highest BCUT2D eigenvalue weighted by molar-refractivity contribution is 5.99. The van der Waals surface area contributed by atoms with E-state index in [4.69, 9.17) is 26.7 Å². The fourth-order valence-corrected chi connectivity index (χ4v) is 9.09. The largest absolute Gasteiger partial charge is 0.508 e. The lowest BCUT2D eigenvalue weighted by molar-refractivity contribution is -0.293. The standard InChI is InChI=1S/C52H85N11O21/c1-2-3-4-5-6-7-8-9-10-11-36(84-52-45(76)44(75)35(68)25-83-52)43(74)34(67)18-27-19-39(71)59-32(23-64)50(81)63-41(42(73)26-12-14-28(66)15-13-26)51(82)60-29(16-17-53)46(77)56-22-40(72)58-30(20-37(54)69)48(79)62-33(24-65)49(80)61-31(21-38(55)70)47(78)57-27/h12-15,27,29-36,41-45,52,64-68,73-76H,2-11,16-25,53H2,1H3,(H2,54,69)(H2,55,70)(H,56,77)(H,57,78)(H,58,72)(H,59,71)(H,60,82)(H,61,80)(H,62,79)(H,63,81)/t27-,29-,30+,31+,32-,33+,34-,35-,36+,41-,42-,43-,44+,45-,52-/m1/s1. The molecule has 0 bridgehead atoms. The predicted octanol–water partition coefficient (Wildman–Crippen LogP) is -7.72. The van der Waals surface area contributed by atoms with Gasteiger partial charge in [0.05, 0.1) is 51.4 Å². The minimum absolute atomic E-state index is 0.00362. The molecule has 2 aliphatic heterocycles. The fraction of sp³-hybridized carbons (Fsp3) is 0.692. The number of phenolic OH excluding ortho intramolecular Hbond substituents is 1. The molecule has 10 amide bonds. The molecule has 2 heterocycles. The number of primary amides is 2. The van der Waals surface area contributed by atoms with Gasteiger partial charge in [-0.1, -0.05) is 76.8 Å². The zero-order chi connectivity index (χ0) is 62.6. The summed E-state index contributed by atoms with van der Waals surface area (Å²) in [4.78, 5) is 135. The van der Waals surface area contributed by atoms with Gasteiger partial charge in [-0.15, -0.1) is 0 Å². The quantitative estimate of drug-likeness (QED) is 0.0383. The number of aliphatic hydroxyl groups excluding tert-OH is 8. The number of unbranched alkanes of at least 4 members (excludes halogenated alkanes) is 8. The molecule has 32 nitrogen and oxygen atoms in total. The Bertz CT molecular complexity index is 2320. The zero-order valence-corrected chi connectivity index (χ0v) is 46.8. The van der Waals surface area contributed by atoms with E-state index in [0.717, 1.165) is 57.1 Å². The van der Waals surface area contributed by atoms with Crippen LogP contribution in [0.3, 0.4) is 0 Å². The normalized spacial score (nSPS) is 27.3. The van der Waals surface area contributed by atoms with Crippen molar-refractivity contribution in [2.75, 3.05) is 32.9 Å². The molecule has 0 aromatic heterocycles. The number of hydrogen-bond donors (Lipinski definition) is 20. The summed E-state index contributed by atoms with van der Waals surface area (Å²) in [6.07, 6.45) is -10.2. The summed E-state index contributed by atoms with van der Waals surface area (Å²) in [5.41, 5.74) is 16.4. The Kier molecular flexibility index (Phi) is 31.4. The molecular weight excluding hydrogens is 1110 g/mol. The minimum atomic E-state index is -2.09. The van der Waals surface area contributed by atoms with Gasteiger partial charge in [0.25, 0.3) is 0 Å². The van der Waals surface area contributed by atoms with Gasteiger partial charge in [0, 0.05) is 12.5 Å². The highest BCUT2D eigenvalue weighted by Gasteiger charge is 2.42. The number of aliphatic hydroxyl groups is 8. The van der Waals surface area contributed by atoms with Crippen LogP contribution < -0.4 is 59.7 Å². The molecule has 0 saturated carbocycles. The van der Waals surface area contributed by atoms with Crippen molar-refractivity contribution in [3.8, 4) is 5.75 Å². The van der Waals surface area contributed by atoms with E-state index in [1.54, 1.807) is 0 Å². The van der Waals surface area contributed by atoms with Gasteiger partial charge in [-0.3, -0.25) is 47.9 Å². The van der Waals surface area contributed by atoms with Crippen LogP contribution >= 0.6 is 0 Å². The van der Waals surface area contributed by atoms with Gasteiger partial charge >= 0.3 is 0 Å². The highest BCUT2D eigenvalue weighted by atomic mass is 16.7. The number of phenols is 1. The van der Waals surface area contributed by atoms with Crippen LogP contribution in [0.15, 0.2) is 24.3 Å². The summed E-state index contributed by atoms with van der Waals surface area (Å²) in [5.74, 6) is -12.8. The maximum Gasteiger partial charge on any atom is 0.246 e. The van der Waals surface area contributed by atoms with E-state index in [-0.39, 0.29) is 30.7 Å². The van der Waals surface area contributed by atoms with E-state index < -0.39 is 202 Å². The van der Waals surface area contributed by atoms with Crippen LogP contribution in [0.2, 0.25) is 0 Å². The second kappa shape index (κ2) is 36.9. The Morgan fingerprint density at radius 3 is 1.74 bits per heavy atom. The topological polar surface area (TPSA) is 546 Å². The average Bonchev–Trinajstić information content (AvgIpc) is 3.43. The van der Waals surface area contributed by atoms with Crippen LogP contribution in [0.25, 0.3) is 0 Å². The number of hydrogen-bond acceptors (Lipinski definition) is 22. The van der Waals surface area contributed by atoms with E-state index in [0.29, 0.717) is 12.8 Å². The number of nitrogens with two attached hydrogens (primary N) is 3. The van der Waals surface area contributed by atoms with Gasteiger partial charge in [-0.05, 0) is 43.5 Å². The first-order chi connectivity index (χ1) is 39.8. The molecule has 0 spiro atoms. The van der Waals surface area contributed by atoms with Gasteiger partial charge in [-0.2, -0.15) is 0 Å². The number of carbonyl (C=O) groups excluding carboxylic acids is 10. The molecule has 2 saturated heterocycles. The van der Waals surface area contributed by atoms with Gasteiger partial charge in [-0.25, -0.2) is 0 Å². The second-order valence-electron chi connectivity index (χ2n) is 20.7. The molecule has 0 aliphatic carbocycles. The van der Waals surface area contributed by atoms with Crippen LogP contribution in [0, 0.1) is 0 Å². The second-order valence-corrected chi connectivity index (χ2v) is 20.7. The summed E-state index contributed by atoms with van der Waals surface area (Å²) in [7, 11) is 0. The maximum absolute atomic E-state index is 14.2. The fourth-order valence-electron chi connectivity index (χ4n) is 9.09. The Hall–Kier alpha value is -6.72. The van der Waals surface area contributed by atoms with E-state index >= 15 is 0 Å². The molecule has 1 aromatic carbocycles. The molecule has 2 fully saturated rings. The molecule has 0 unspecified atom stereocenters. The number of benzene rings is 1. The number of ether oxygens (including phenoxy) is 2. The number of aromatic hydroxyl groups is 1. The van der Waals surface area contributed by atoms with E-state index in [9.17, 15) is 93.9 Å². The van der Waals surface area contributed by atoms with Crippen molar-refractivity contribution in [2.45, 2.75) is 195 Å². The van der Waals surface area contributed by atoms with Gasteiger partial charge < -0.3 is 115 Å². The first kappa shape index (κ1) is 71.5. The molecule has 84 heavy (non-hydrogen) atoms. The van der Waals surface area contributed by atoms with Crippen molar-refractivity contribution in [2.24, 2.45) is 17.2 Å². The van der Waals surface area contributed by atoms with Gasteiger partial charge in [0.2, 0.25) is 59.1 Å². The first-order valence-electron chi connectivity index (χ1n) is 27.8. The molecule has 0 radical (unpaired) electrons. The van der Waals surface area contributed by atoms with Crippen LogP contribution in [0.5, 0.6) is 5.75 Å². The van der Waals surface area contributed by atoms with E-state index in [1.807, 2.05) is 0 Å². The Balaban J connectivity index is 2.12. The third-order valence-corrected chi connectivity index (χ3v) is 13.8. The Morgan fingerprint density at radius 1 is 0.643 bits per heavy atom. The summed E-state index contributed by atoms with van der Waals surface area (Å²) >= 11 is 0. The van der Waals surface area contributed by atoms with Crippen molar-refractivity contribution in [1.82, 2.24) is 42.5 Å². The summed E-state index contributed by atoms with van der Waals surface area (Å²) in [5, 5.41) is 115. The van der Waals surface area contributed by atoms with E-state index in [2.05, 4.69) is 49.5 Å². The van der Waals surface area contributed by atoms with E-state index in [1.165, 1.54) is 12.1 Å². The lowest BCUT2D eigenvalue weighted by atomic mass is 9.94. The third kappa shape index (κ3) is 24.1. The third-order valence-electron chi connectivity index (χ3n) is 13.8. The molecule has 32 heteroatoms. The molecule has 474 valence electrons. The predicted molar refractivity (Wildman–Crippen MR) is 291 cm³/mol. The number of carbonyl (C=O) groups is 10. The summed E-state index contributed by atoms with van der Waals surface area (Å²) in [6.45, 7) is -2.08. The monoisotopic (exact) mass is 1200 g/mol. The Morgan fingerprint density at radius 2 is 1.15 bits per heavy atom. The number of rotatable bonds is 26. The molecule has 1 aromatic rings. The first-order valence-corrected chi connectivity index (χ1v) is 27.8. The lowest BCUT2D eigenvalue weighted by Gasteiger charge is -2.38. The van der Waals surface area contributed by atoms with Crippen molar-refractivity contribution >= 4 is 59.1 Å². The maximum atomic E-state index is 14.2. The van der Waals surface area contributed by atoms with Crippen LogP contribution in [-0.2, 0) is 57.4 Å². The Labute approximate surface area is 484 Å². The van der Waals surface area contributed by atoms with Gasteiger partial charge in [0.1, 0.15) is 72.5 Å². The lowest BCUT2D eigenvalue weighted by Crippen LogP contribution is -2.60. The SMILES string of the molecule is CCCCCCCCCCC[C@H](O[C@H]1OC[C@@H](O)[C@H](O)[C@H]1O)[C@H](O)[C@H](O)C[C@@H]1CC(=O)N[C@H](CO)C(=O)N[C@H]([C@H](O)c2ccc(O)cc2)C(=O)N[C@H](CCN)C(=O)NCC(=O)N[C@@H](CC(N)=O)C(=O)N[C@@H](CO)C(=O)N[C@@H](CC(N)=O)C(=O)N1. The molecule has 15 atom stereocenters. The average molecular weight is 1200 g/mol.